The Morgan fingerprint density at radius 3 is 2.28 bits per heavy atom. The Labute approximate surface area is 187 Å². The molecule has 3 aromatic heterocycles. The lowest BCUT2D eigenvalue weighted by Crippen LogP contribution is -2.13. The fraction of sp³-hybridized carbons (Fsp3) is 0.185. The standard InChI is InChI=1S/C27H23N5/c1-17-5-6-20(14-29-17)19-9-12-23-22(13-19)25-24(15-30-23)32(4)31-26(25)18-7-10-21(11-8-18)27(2,3)16-28/h5-15H,1-4H3. The lowest BCUT2D eigenvalue weighted by molar-refractivity contribution is 0.687. The van der Waals surface area contributed by atoms with Gasteiger partial charge in [-0.2, -0.15) is 10.4 Å². The van der Waals surface area contributed by atoms with Crippen LogP contribution in [-0.4, -0.2) is 19.7 Å². The molecule has 0 radical (unpaired) electrons. The van der Waals surface area contributed by atoms with Gasteiger partial charge in [-0.25, -0.2) is 0 Å². The predicted molar refractivity (Wildman–Crippen MR) is 128 cm³/mol. The zero-order valence-electron chi connectivity index (χ0n) is 18.6. The van der Waals surface area contributed by atoms with Gasteiger partial charge in [0.1, 0.15) is 5.69 Å². The summed E-state index contributed by atoms with van der Waals surface area (Å²) in [6.07, 6.45) is 3.79. The van der Waals surface area contributed by atoms with Gasteiger partial charge in [-0.15, -0.1) is 0 Å². The number of aromatic nitrogens is 4. The van der Waals surface area contributed by atoms with Crippen LogP contribution in [0.2, 0.25) is 0 Å². The fourth-order valence-electron chi connectivity index (χ4n) is 4.06. The maximum Gasteiger partial charge on any atom is 0.101 e. The molecular formula is C27H23N5. The third-order valence-corrected chi connectivity index (χ3v) is 6.09. The van der Waals surface area contributed by atoms with Gasteiger partial charge in [-0.05, 0) is 50.1 Å². The molecule has 5 nitrogen and oxygen atoms in total. The zero-order chi connectivity index (χ0) is 22.5. The number of nitriles is 1. The van der Waals surface area contributed by atoms with Crippen molar-refractivity contribution in [3.05, 3.63) is 78.2 Å². The van der Waals surface area contributed by atoms with Crippen LogP contribution in [0.1, 0.15) is 25.1 Å². The molecule has 0 fully saturated rings. The summed E-state index contributed by atoms with van der Waals surface area (Å²) in [6, 6.07) is 20.9. The molecule has 3 heterocycles. The summed E-state index contributed by atoms with van der Waals surface area (Å²) in [5.41, 5.74) is 7.46. The fourth-order valence-corrected chi connectivity index (χ4v) is 4.06. The van der Waals surface area contributed by atoms with E-state index < -0.39 is 5.41 Å². The minimum Gasteiger partial charge on any atom is -0.266 e. The van der Waals surface area contributed by atoms with Crippen molar-refractivity contribution in [2.75, 3.05) is 0 Å². The van der Waals surface area contributed by atoms with E-state index in [4.69, 9.17) is 5.10 Å². The monoisotopic (exact) mass is 417 g/mol. The molecule has 0 saturated heterocycles. The van der Waals surface area contributed by atoms with Crippen molar-refractivity contribution in [2.45, 2.75) is 26.2 Å². The zero-order valence-corrected chi connectivity index (χ0v) is 18.6. The molecule has 0 aliphatic heterocycles. The van der Waals surface area contributed by atoms with E-state index >= 15 is 0 Å². The summed E-state index contributed by atoms with van der Waals surface area (Å²) < 4.78 is 1.88. The van der Waals surface area contributed by atoms with Gasteiger partial charge in [0.2, 0.25) is 0 Å². The Bertz CT molecular complexity index is 1500. The summed E-state index contributed by atoms with van der Waals surface area (Å²) in [5, 5.41) is 16.4. The van der Waals surface area contributed by atoms with E-state index in [1.807, 2.05) is 63.1 Å². The van der Waals surface area contributed by atoms with Gasteiger partial charge in [0.05, 0.1) is 28.7 Å². The highest BCUT2D eigenvalue weighted by molar-refractivity contribution is 6.12. The topological polar surface area (TPSA) is 67.4 Å². The second-order valence-electron chi connectivity index (χ2n) is 8.72. The van der Waals surface area contributed by atoms with Crippen molar-refractivity contribution in [1.29, 1.82) is 5.26 Å². The van der Waals surface area contributed by atoms with E-state index in [9.17, 15) is 5.26 Å². The van der Waals surface area contributed by atoms with E-state index in [0.29, 0.717) is 0 Å². The number of fused-ring (bicyclic) bond motifs is 3. The normalized spacial score (nSPS) is 11.7. The highest BCUT2D eigenvalue weighted by Gasteiger charge is 2.20. The Morgan fingerprint density at radius 2 is 1.59 bits per heavy atom. The summed E-state index contributed by atoms with van der Waals surface area (Å²) in [5.74, 6) is 0. The highest BCUT2D eigenvalue weighted by atomic mass is 15.3. The van der Waals surface area contributed by atoms with Crippen LogP contribution in [0.4, 0.5) is 0 Å². The maximum absolute atomic E-state index is 9.45. The predicted octanol–water partition coefficient (Wildman–Crippen LogP) is 5.96. The molecule has 5 heteroatoms. The summed E-state index contributed by atoms with van der Waals surface area (Å²) >= 11 is 0. The Morgan fingerprint density at radius 1 is 0.875 bits per heavy atom. The summed E-state index contributed by atoms with van der Waals surface area (Å²) in [6.45, 7) is 5.85. The first kappa shape index (κ1) is 19.9. The van der Waals surface area contributed by atoms with E-state index in [1.165, 1.54) is 0 Å². The first-order valence-electron chi connectivity index (χ1n) is 10.6. The molecule has 5 aromatic rings. The number of benzene rings is 2. The number of pyridine rings is 2. The summed E-state index contributed by atoms with van der Waals surface area (Å²) in [7, 11) is 1.94. The molecule has 0 spiro atoms. The van der Waals surface area contributed by atoms with Crippen molar-refractivity contribution in [2.24, 2.45) is 7.05 Å². The third-order valence-electron chi connectivity index (χ3n) is 6.09. The van der Waals surface area contributed by atoms with Crippen LogP contribution in [0.25, 0.3) is 44.2 Å². The van der Waals surface area contributed by atoms with E-state index in [1.54, 1.807) is 0 Å². The molecule has 5 rings (SSSR count). The average Bonchev–Trinajstić information content (AvgIpc) is 3.16. The Hall–Kier alpha value is -4.04. The molecule has 2 aromatic carbocycles. The first-order chi connectivity index (χ1) is 15.4. The lowest BCUT2D eigenvalue weighted by Gasteiger charge is -2.15. The minimum absolute atomic E-state index is 0.529. The van der Waals surface area contributed by atoms with Gasteiger partial charge in [0.25, 0.3) is 0 Å². The van der Waals surface area contributed by atoms with E-state index in [0.717, 1.165) is 55.4 Å². The lowest BCUT2D eigenvalue weighted by atomic mass is 9.86. The molecule has 156 valence electrons. The summed E-state index contributed by atoms with van der Waals surface area (Å²) in [4.78, 5) is 9.12. The van der Waals surface area contributed by atoms with Crippen molar-refractivity contribution in [3.63, 3.8) is 0 Å². The van der Waals surface area contributed by atoms with Crippen molar-refractivity contribution < 1.29 is 0 Å². The number of hydrogen-bond acceptors (Lipinski definition) is 4. The average molecular weight is 418 g/mol. The molecule has 0 bridgehead atoms. The molecule has 32 heavy (non-hydrogen) atoms. The van der Waals surface area contributed by atoms with E-state index in [-0.39, 0.29) is 0 Å². The van der Waals surface area contributed by atoms with Gasteiger partial charge in [-0.1, -0.05) is 36.4 Å². The second kappa shape index (κ2) is 7.28. The quantitative estimate of drug-likeness (QED) is 0.363. The van der Waals surface area contributed by atoms with E-state index in [2.05, 4.69) is 52.4 Å². The molecule has 0 saturated carbocycles. The molecule has 0 aliphatic carbocycles. The van der Waals surface area contributed by atoms with Gasteiger partial charge in [0.15, 0.2) is 0 Å². The molecular weight excluding hydrogens is 394 g/mol. The van der Waals surface area contributed by atoms with Crippen LogP contribution in [0.15, 0.2) is 67.0 Å². The minimum atomic E-state index is -0.529. The Kier molecular flexibility index (Phi) is 4.53. The van der Waals surface area contributed by atoms with Crippen molar-refractivity contribution in [3.8, 4) is 28.5 Å². The van der Waals surface area contributed by atoms with Crippen LogP contribution < -0.4 is 0 Å². The number of nitrogens with zero attached hydrogens (tertiary/aromatic N) is 5. The third kappa shape index (κ3) is 3.21. The molecule has 0 atom stereocenters. The van der Waals surface area contributed by atoms with Gasteiger partial charge in [0, 0.05) is 40.8 Å². The Balaban J connectivity index is 1.72. The SMILES string of the molecule is Cc1ccc(-c2ccc3ncc4c(c(-c5ccc(C(C)(C)C#N)cc5)nn4C)c3c2)cn1. The van der Waals surface area contributed by atoms with Crippen LogP contribution in [-0.2, 0) is 12.5 Å². The van der Waals surface area contributed by atoms with Crippen LogP contribution in [0, 0.1) is 18.3 Å². The number of rotatable bonds is 3. The van der Waals surface area contributed by atoms with Crippen LogP contribution in [0.5, 0.6) is 0 Å². The smallest absolute Gasteiger partial charge is 0.101 e. The highest BCUT2D eigenvalue weighted by Crippen LogP contribution is 2.35. The molecule has 0 amide bonds. The number of aryl methyl sites for hydroxylation is 2. The molecule has 0 unspecified atom stereocenters. The van der Waals surface area contributed by atoms with Crippen LogP contribution >= 0.6 is 0 Å². The van der Waals surface area contributed by atoms with Crippen molar-refractivity contribution >= 4 is 21.8 Å². The molecule has 0 aliphatic rings. The number of hydrogen-bond donors (Lipinski definition) is 0. The van der Waals surface area contributed by atoms with Crippen LogP contribution in [0.3, 0.4) is 0 Å². The van der Waals surface area contributed by atoms with Gasteiger partial charge >= 0.3 is 0 Å². The second-order valence-corrected chi connectivity index (χ2v) is 8.72. The van der Waals surface area contributed by atoms with Gasteiger partial charge in [-0.3, -0.25) is 14.6 Å². The van der Waals surface area contributed by atoms with Crippen molar-refractivity contribution in [1.82, 2.24) is 19.7 Å². The first-order valence-corrected chi connectivity index (χ1v) is 10.6. The molecule has 0 N–H and O–H groups in total. The largest absolute Gasteiger partial charge is 0.266 e. The maximum atomic E-state index is 9.45. The van der Waals surface area contributed by atoms with Gasteiger partial charge < -0.3 is 0 Å².